The number of aromatic nitrogens is 1. The fraction of sp³-hybridized carbons (Fsp3) is 0.450. The van der Waals surface area contributed by atoms with Gasteiger partial charge in [0, 0.05) is 23.7 Å². The Balaban J connectivity index is 1.70. The van der Waals surface area contributed by atoms with Gasteiger partial charge >= 0.3 is 0 Å². The van der Waals surface area contributed by atoms with Crippen molar-refractivity contribution < 1.29 is 9.59 Å². The van der Waals surface area contributed by atoms with Crippen molar-refractivity contribution >= 4 is 28.3 Å². The number of nitrogens with zero attached hydrogens (tertiary/aromatic N) is 2. The monoisotopic (exact) mass is 371 g/mol. The van der Waals surface area contributed by atoms with E-state index < -0.39 is 0 Å². The summed E-state index contributed by atoms with van der Waals surface area (Å²) < 4.78 is 0. The number of aryl methyl sites for hydroxylation is 1. The second-order valence-corrected chi connectivity index (χ2v) is 7.84. The van der Waals surface area contributed by atoms with Gasteiger partial charge in [-0.3, -0.25) is 9.59 Å². The molecular formula is C20H25N3O2S. The highest BCUT2D eigenvalue weighted by atomic mass is 32.1. The summed E-state index contributed by atoms with van der Waals surface area (Å²) in [4.78, 5) is 31.2. The third-order valence-electron chi connectivity index (χ3n) is 4.80. The van der Waals surface area contributed by atoms with Crippen molar-refractivity contribution in [2.24, 2.45) is 5.92 Å². The molecule has 1 aliphatic carbocycles. The predicted molar refractivity (Wildman–Crippen MR) is 104 cm³/mol. The molecule has 1 aromatic heterocycles. The highest BCUT2D eigenvalue weighted by molar-refractivity contribution is 7.13. The first-order valence-electron chi connectivity index (χ1n) is 9.17. The van der Waals surface area contributed by atoms with Crippen LogP contribution in [0.15, 0.2) is 35.8 Å². The largest absolute Gasteiger partial charge is 0.329 e. The van der Waals surface area contributed by atoms with Crippen LogP contribution in [0.25, 0.3) is 0 Å². The number of hydrogen-bond donors (Lipinski definition) is 1. The topological polar surface area (TPSA) is 62.3 Å². The third kappa shape index (κ3) is 5.14. The average molecular weight is 372 g/mol. The molecule has 1 aromatic carbocycles. The van der Waals surface area contributed by atoms with Crippen LogP contribution in [-0.2, 0) is 4.79 Å². The number of benzene rings is 1. The number of nitrogens with one attached hydrogen (secondary N) is 1. The molecule has 1 N–H and O–H groups in total. The van der Waals surface area contributed by atoms with E-state index in [9.17, 15) is 9.59 Å². The van der Waals surface area contributed by atoms with Crippen LogP contribution >= 0.6 is 11.3 Å². The molecule has 6 heteroatoms. The van der Waals surface area contributed by atoms with Crippen LogP contribution in [0.3, 0.4) is 0 Å². The quantitative estimate of drug-likeness (QED) is 0.831. The van der Waals surface area contributed by atoms with E-state index in [0.717, 1.165) is 18.4 Å². The molecule has 0 atom stereocenters. The predicted octanol–water partition coefficient (Wildman–Crippen LogP) is 4.11. The molecule has 3 rings (SSSR count). The lowest BCUT2D eigenvalue weighted by atomic mass is 9.89. The summed E-state index contributed by atoms with van der Waals surface area (Å²) in [6.45, 7) is 2.69. The van der Waals surface area contributed by atoms with Crippen molar-refractivity contribution in [1.82, 2.24) is 9.88 Å². The standard InChI is InChI=1S/C20H25N3O2S/c1-15-7-9-17(10-8-15)19(25)23(13-16-5-3-2-4-6-16)14-18(24)22-20-21-11-12-26-20/h7-12,16H,2-6,13-14H2,1H3,(H,21,22,24). The number of carbonyl (C=O) groups excluding carboxylic acids is 2. The van der Waals surface area contributed by atoms with Gasteiger partial charge in [-0.2, -0.15) is 0 Å². The van der Waals surface area contributed by atoms with Crippen LogP contribution < -0.4 is 5.32 Å². The second kappa shape index (κ2) is 8.94. The van der Waals surface area contributed by atoms with E-state index in [0.29, 0.717) is 23.2 Å². The van der Waals surface area contributed by atoms with Gasteiger partial charge in [0.05, 0.1) is 0 Å². The first-order valence-corrected chi connectivity index (χ1v) is 10.0. The molecule has 138 valence electrons. The molecule has 1 fully saturated rings. The Hall–Kier alpha value is -2.21. The van der Waals surface area contributed by atoms with Crippen LogP contribution in [-0.4, -0.2) is 34.8 Å². The molecule has 1 saturated carbocycles. The van der Waals surface area contributed by atoms with Gasteiger partial charge in [0.2, 0.25) is 5.91 Å². The minimum atomic E-state index is -0.198. The van der Waals surface area contributed by atoms with Crippen molar-refractivity contribution in [3.63, 3.8) is 0 Å². The van der Waals surface area contributed by atoms with Gasteiger partial charge in [-0.05, 0) is 37.8 Å². The van der Waals surface area contributed by atoms with E-state index in [1.165, 1.54) is 30.6 Å². The van der Waals surface area contributed by atoms with Crippen LogP contribution in [0.5, 0.6) is 0 Å². The zero-order valence-corrected chi connectivity index (χ0v) is 15.9. The lowest BCUT2D eigenvalue weighted by Crippen LogP contribution is -2.41. The van der Waals surface area contributed by atoms with Crippen molar-refractivity contribution in [3.8, 4) is 0 Å². The number of amides is 2. The molecule has 2 amide bonds. The molecule has 1 aliphatic rings. The Bertz CT molecular complexity index is 722. The number of carbonyl (C=O) groups is 2. The Morgan fingerprint density at radius 1 is 1.19 bits per heavy atom. The molecule has 0 saturated heterocycles. The van der Waals surface area contributed by atoms with Gasteiger partial charge < -0.3 is 10.2 Å². The number of anilines is 1. The van der Waals surface area contributed by atoms with Gasteiger partial charge in [-0.15, -0.1) is 11.3 Å². The fourth-order valence-electron chi connectivity index (χ4n) is 3.40. The maximum absolute atomic E-state index is 13.0. The van der Waals surface area contributed by atoms with Crippen LogP contribution in [0.2, 0.25) is 0 Å². The summed E-state index contributed by atoms with van der Waals surface area (Å²) in [6.07, 6.45) is 7.60. The Morgan fingerprint density at radius 2 is 1.92 bits per heavy atom. The lowest BCUT2D eigenvalue weighted by Gasteiger charge is -2.29. The SMILES string of the molecule is Cc1ccc(C(=O)N(CC(=O)Nc2nccs2)CC2CCCCC2)cc1. The van der Waals surface area contributed by atoms with Crippen molar-refractivity contribution in [2.45, 2.75) is 39.0 Å². The number of rotatable bonds is 6. The van der Waals surface area contributed by atoms with Gasteiger partial charge in [-0.1, -0.05) is 37.0 Å². The molecule has 0 unspecified atom stereocenters. The second-order valence-electron chi connectivity index (χ2n) is 6.94. The highest BCUT2D eigenvalue weighted by Crippen LogP contribution is 2.25. The number of thiazole rings is 1. The summed E-state index contributed by atoms with van der Waals surface area (Å²) in [6, 6.07) is 7.54. The molecule has 0 bridgehead atoms. The maximum atomic E-state index is 13.0. The van der Waals surface area contributed by atoms with Gasteiger partial charge in [0.1, 0.15) is 6.54 Å². The fourth-order valence-corrected chi connectivity index (χ4v) is 3.94. The summed E-state index contributed by atoms with van der Waals surface area (Å²) in [5, 5.41) is 5.16. The maximum Gasteiger partial charge on any atom is 0.254 e. The highest BCUT2D eigenvalue weighted by Gasteiger charge is 2.24. The van der Waals surface area contributed by atoms with Crippen molar-refractivity contribution in [1.29, 1.82) is 0 Å². The molecule has 0 aliphatic heterocycles. The van der Waals surface area contributed by atoms with E-state index in [2.05, 4.69) is 10.3 Å². The minimum Gasteiger partial charge on any atom is -0.329 e. The van der Waals surface area contributed by atoms with Gasteiger partial charge in [0.25, 0.3) is 5.91 Å². The zero-order valence-electron chi connectivity index (χ0n) is 15.1. The van der Waals surface area contributed by atoms with Crippen molar-refractivity contribution in [3.05, 3.63) is 47.0 Å². The van der Waals surface area contributed by atoms with Crippen LogP contribution in [0.4, 0.5) is 5.13 Å². The molecular weight excluding hydrogens is 346 g/mol. The minimum absolute atomic E-state index is 0.0583. The van der Waals surface area contributed by atoms with E-state index in [-0.39, 0.29) is 18.4 Å². The lowest BCUT2D eigenvalue weighted by molar-refractivity contribution is -0.117. The first-order chi connectivity index (χ1) is 12.6. The average Bonchev–Trinajstić information content (AvgIpc) is 3.15. The van der Waals surface area contributed by atoms with Gasteiger partial charge in [0.15, 0.2) is 5.13 Å². The van der Waals surface area contributed by atoms with Crippen molar-refractivity contribution in [2.75, 3.05) is 18.4 Å². The summed E-state index contributed by atoms with van der Waals surface area (Å²) in [7, 11) is 0. The van der Waals surface area contributed by atoms with Gasteiger partial charge in [-0.25, -0.2) is 4.98 Å². The zero-order chi connectivity index (χ0) is 18.4. The molecule has 26 heavy (non-hydrogen) atoms. The van der Waals surface area contributed by atoms with E-state index in [1.807, 2.05) is 36.6 Å². The Labute approximate surface area is 158 Å². The number of hydrogen-bond acceptors (Lipinski definition) is 4. The summed E-state index contributed by atoms with van der Waals surface area (Å²) >= 11 is 1.37. The molecule has 0 spiro atoms. The molecule has 1 heterocycles. The summed E-state index contributed by atoms with van der Waals surface area (Å²) in [5.74, 6) is 0.201. The molecule has 2 aromatic rings. The van der Waals surface area contributed by atoms with E-state index >= 15 is 0 Å². The summed E-state index contributed by atoms with van der Waals surface area (Å²) in [5.41, 5.74) is 1.75. The van der Waals surface area contributed by atoms with Crippen LogP contribution in [0.1, 0.15) is 48.0 Å². The van der Waals surface area contributed by atoms with Crippen LogP contribution in [0, 0.1) is 12.8 Å². The molecule has 5 nitrogen and oxygen atoms in total. The smallest absolute Gasteiger partial charge is 0.254 e. The molecule has 0 radical (unpaired) electrons. The third-order valence-corrected chi connectivity index (χ3v) is 5.49. The normalized spacial score (nSPS) is 14.8. The van der Waals surface area contributed by atoms with E-state index in [4.69, 9.17) is 0 Å². The first kappa shape index (κ1) is 18.6. The van der Waals surface area contributed by atoms with E-state index in [1.54, 1.807) is 11.1 Å². The Morgan fingerprint density at radius 3 is 2.58 bits per heavy atom. The Kier molecular flexibility index (Phi) is 6.39.